The molecule has 0 aliphatic carbocycles. The van der Waals surface area contributed by atoms with E-state index in [1.54, 1.807) is 12.1 Å². The Morgan fingerprint density at radius 2 is 2.24 bits per heavy atom. The molecule has 0 spiro atoms. The minimum atomic E-state index is -1.09. The number of nitrogens with two attached hydrogens (primary N) is 1. The first-order valence-corrected chi connectivity index (χ1v) is 6.66. The number of aromatic nitrogens is 2. The lowest BCUT2D eigenvalue weighted by Crippen LogP contribution is -2.19. The van der Waals surface area contributed by atoms with Crippen LogP contribution in [0.3, 0.4) is 0 Å². The molecule has 1 atom stereocenters. The fourth-order valence-corrected chi connectivity index (χ4v) is 2.62. The van der Waals surface area contributed by atoms with Gasteiger partial charge < -0.3 is 15.6 Å². The predicted molar refractivity (Wildman–Crippen MR) is 70.3 cm³/mol. The van der Waals surface area contributed by atoms with Gasteiger partial charge in [0.05, 0.1) is 21.8 Å². The van der Waals surface area contributed by atoms with Crippen molar-refractivity contribution in [3.8, 4) is 0 Å². The van der Waals surface area contributed by atoms with Gasteiger partial charge in [0.2, 0.25) is 0 Å². The standard InChI is InChI=1S/C11H16N4OS/c1-15(2)5-6-17(16)11-13-9-4-3-8(12)7-10(9)14-11/h3-4,7H,5-6,12H2,1-2H3,(H,13,14). The average Bonchev–Trinajstić information content (AvgIpc) is 2.68. The normalized spacial score (nSPS) is 13.4. The van der Waals surface area contributed by atoms with E-state index in [2.05, 4.69) is 9.97 Å². The number of fused-ring (bicyclic) bond motifs is 1. The number of hydrogen-bond acceptors (Lipinski definition) is 4. The Morgan fingerprint density at radius 3 is 2.94 bits per heavy atom. The zero-order valence-electron chi connectivity index (χ0n) is 9.93. The maximum Gasteiger partial charge on any atom is 0.197 e. The Balaban J connectivity index is 2.21. The number of nitrogens with one attached hydrogen (secondary N) is 1. The molecule has 2 aromatic rings. The van der Waals surface area contributed by atoms with E-state index in [4.69, 9.17) is 5.73 Å². The first-order chi connectivity index (χ1) is 8.06. The van der Waals surface area contributed by atoms with E-state index in [0.717, 1.165) is 17.6 Å². The van der Waals surface area contributed by atoms with E-state index in [1.165, 1.54) is 0 Å². The zero-order valence-corrected chi connectivity index (χ0v) is 10.8. The number of rotatable bonds is 4. The van der Waals surface area contributed by atoms with Gasteiger partial charge >= 0.3 is 0 Å². The number of benzene rings is 1. The van der Waals surface area contributed by atoms with Gasteiger partial charge in [0.25, 0.3) is 0 Å². The molecule has 0 radical (unpaired) electrons. The first kappa shape index (κ1) is 12.1. The Morgan fingerprint density at radius 1 is 1.47 bits per heavy atom. The number of H-pyrrole nitrogens is 1. The van der Waals surface area contributed by atoms with Gasteiger partial charge in [0, 0.05) is 18.0 Å². The van der Waals surface area contributed by atoms with Crippen molar-refractivity contribution in [2.45, 2.75) is 5.16 Å². The van der Waals surface area contributed by atoms with Crippen LogP contribution in [0.15, 0.2) is 23.4 Å². The summed E-state index contributed by atoms with van der Waals surface area (Å²) in [7, 11) is 2.82. The van der Waals surface area contributed by atoms with E-state index in [9.17, 15) is 4.21 Å². The van der Waals surface area contributed by atoms with Gasteiger partial charge in [-0.15, -0.1) is 0 Å². The summed E-state index contributed by atoms with van der Waals surface area (Å²) in [6, 6.07) is 5.42. The van der Waals surface area contributed by atoms with Crippen molar-refractivity contribution >= 4 is 27.5 Å². The molecule has 17 heavy (non-hydrogen) atoms. The predicted octanol–water partition coefficient (Wildman–Crippen LogP) is 0.814. The summed E-state index contributed by atoms with van der Waals surface area (Å²) in [6.45, 7) is 0.770. The third-order valence-electron chi connectivity index (χ3n) is 2.42. The number of hydrogen-bond donors (Lipinski definition) is 2. The Bertz CT molecular complexity index is 549. The van der Waals surface area contributed by atoms with Crippen LogP contribution < -0.4 is 5.73 Å². The molecule has 1 heterocycles. The molecule has 0 saturated heterocycles. The maximum atomic E-state index is 12.0. The summed E-state index contributed by atoms with van der Waals surface area (Å²) in [5, 5.41) is 0.521. The van der Waals surface area contributed by atoms with Gasteiger partial charge in [-0.3, -0.25) is 4.21 Å². The molecule has 1 aromatic heterocycles. The highest BCUT2D eigenvalue weighted by Crippen LogP contribution is 2.16. The second kappa shape index (κ2) is 4.85. The number of nitrogens with zero attached hydrogens (tertiary/aromatic N) is 2. The second-order valence-electron chi connectivity index (χ2n) is 4.17. The van der Waals surface area contributed by atoms with Crippen molar-refractivity contribution in [2.24, 2.45) is 0 Å². The molecular weight excluding hydrogens is 236 g/mol. The summed E-state index contributed by atoms with van der Waals surface area (Å²) in [6.07, 6.45) is 0. The van der Waals surface area contributed by atoms with Crippen LogP contribution in [0.4, 0.5) is 5.69 Å². The molecule has 0 aliphatic heterocycles. The lowest BCUT2D eigenvalue weighted by molar-refractivity contribution is 0.435. The molecule has 0 aliphatic rings. The minimum absolute atomic E-state index is 0.521. The molecule has 0 amide bonds. The van der Waals surface area contributed by atoms with E-state index >= 15 is 0 Å². The SMILES string of the molecule is CN(C)CCS(=O)c1nc2ccc(N)cc2[nH]1. The zero-order chi connectivity index (χ0) is 12.4. The molecule has 92 valence electrons. The molecule has 6 heteroatoms. The molecular formula is C11H16N4OS. The smallest absolute Gasteiger partial charge is 0.197 e. The van der Waals surface area contributed by atoms with Crippen molar-refractivity contribution in [1.82, 2.24) is 14.9 Å². The topological polar surface area (TPSA) is 75.0 Å². The third-order valence-corrected chi connectivity index (χ3v) is 3.60. The van der Waals surface area contributed by atoms with Crippen LogP contribution in [0.1, 0.15) is 0 Å². The van der Waals surface area contributed by atoms with Gasteiger partial charge in [0.15, 0.2) is 5.16 Å². The minimum Gasteiger partial charge on any atom is -0.399 e. The number of imidazole rings is 1. The van der Waals surface area contributed by atoms with Crippen LogP contribution in [-0.4, -0.2) is 45.5 Å². The van der Waals surface area contributed by atoms with Crippen molar-refractivity contribution in [3.63, 3.8) is 0 Å². The molecule has 0 fully saturated rings. The van der Waals surface area contributed by atoms with Crippen LogP contribution in [0, 0.1) is 0 Å². The number of aromatic amines is 1. The van der Waals surface area contributed by atoms with Gasteiger partial charge in [-0.1, -0.05) is 0 Å². The Kier molecular flexibility index (Phi) is 3.44. The lowest BCUT2D eigenvalue weighted by atomic mass is 10.3. The number of nitrogen functional groups attached to an aromatic ring is 1. The molecule has 3 N–H and O–H groups in total. The maximum absolute atomic E-state index is 12.0. The van der Waals surface area contributed by atoms with E-state index in [0.29, 0.717) is 16.6 Å². The van der Waals surface area contributed by atoms with Crippen molar-refractivity contribution in [2.75, 3.05) is 32.1 Å². The summed E-state index contributed by atoms with van der Waals surface area (Å²) in [5.74, 6) is 0.572. The fraction of sp³-hybridized carbons (Fsp3) is 0.364. The average molecular weight is 252 g/mol. The molecule has 0 bridgehead atoms. The monoisotopic (exact) mass is 252 g/mol. The summed E-state index contributed by atoms with van der Waals surface area (Å²) >= 11 is 0. The molecule has 2 rings (SSSR count). The first-order valence-electron chi connectivity index (χ1n) is 5.34. The fourth-order valence-electron chi connectivity index (χ4n) is 1.47. The highest BCUT2D eigenvalue weighted by atomic mass is 32.2. The molecule has 1 aromatic carbocycles. The van der Waals surface area contributed by atoms with E-state index in [1.807, 2.05) is 25.1 Å². The van der Waals surface area contributed by atoms with Crippen molar-refractivity contribution in [1.29, 1.82) is 0 Å². The van der Waals surface area contributed by atoms with Crippen LogP contribution in [0.2, 0.25) is 0 Å². The van der Waals surface area contributed by atoms with Crippen LogP contribution in [0.25, 0.3) is 11.0 Å². The van der Waals surface area contributed by atoms with Crippen LogP contribution in [-0.2, 0) is 10.8 Å². The quantitative estimate of drug-likeness (QED) is 0.790. The molecule has 5 nitrogen and oxygen atoms in total. The van der Waals surface area contributed by atoms with Crippen LogP contribution >= 0.6 is 0 Å². The summed E-state index contributed by atoms with van der Waals surface area (Å²) in [4.78, 5) is 9.35. The Labute approximate surface area is 102 Å². The van der Waals surface area contributed by atoms with E-state index < -0.39 is 10.8 Å². The summed E-state index contributed by atoms with van der Waals surface area (Å²) in [5.41, 5.74) is 7.98. The van der Waals surface area contributed by atoms with Gasteiger partial charge in [-0.2, -0.15) is 0 Å². The number of anilines is 1. The summed E-state index contributed by atoms with van der Waals surface area (Å²) < 4.78 is 12.0. The highest BCUT2D eigenvalue weighted by molar-refractivity contribution is 7.84. The van der Waals surface area contributed by atoms with Gasteiger partial charge in [-0.25, -0.2) is 4.98 Å². The van der Waals surface area contributed by atoms with Crippen molar-refractivity contribution in [3.05, 3.63) is 18.2 Å². The van der Waals surface area contributed by atoms with Crippen molar-refractivity contribution < 1.29 is 4.21 Å². The highest BCUT2D eigenvalue weighted by Gasteiger charge is 2.10. The van der Waals surface area contributed by atoms with Crippen LogP contribution in [0.5, 0.6) is 0 Å². The molecule has 1 unspecified atom stereocenters. The Hall–Kier alpha value is -1.40. The third kappa shape index (κ3) is 2.83. The van der Waals surface area contributed by atoms with E-state index in [-0.39, 0.29) is 0 Å². The second-order valence-corrected chi connectivity index (χ2v) is 5.66. The largest absolute Gasteiger partial charge is 0.399 e. The van der Waals surface area contributed by atoms with Gasteiger partial charge in [0.1, 0.15) is 0 Å². The lowest BCUT2D eigenvalue weighted by Gasteiger charge is -2.07. The van der Waals surface area contributed by atoms with Gasteiger partial charge in [-0.05, 0) is 32.3 Å². The molecule has 0 saturated carbocycles.